The van der Waals surface area contributed by atoms with E-state index in [2.05, 4.69) is 0 Å². The number of hydrogen-bond donors (Lipinski definition) is 0. The van der Waals surface area contributed by atoms with E-state index in [9.17, 15) is 4.39 Å². The molecule has 0 saturated carbocycles. The van der Waals surface area contributed by atoms with Crippen LogP contribution in [0, 0.1) is 0 Å². The Balaban J connectivity index is 1.68. The smallest absolute Gasteiger partial charge is 0.190 e. The molecule has 0 aromatic rings. The minimum atomic E-state index is -1.26. The summed E-state index contributed by atoms with van der Waals surface area (Å²) < 4.78 is 42.0. The maximum Gasteiger partial charge on any atom is 0.190 e. The van der Waals surface area contributed by atoms with Gasteiger partial charge in [0.1, 0.15) is 18.3 Å². The van der Waals surface area contributed by atoms with Crippen molar-refractivity contribution in [3.63, 3.8) is 0 Å². The van der Waals surface area contributed by atoms with Gasteiger partial charge in [0.05, 0.1) is 6.61 Å². The summed E-state index contributed by atoms with van der Waals surface area (Å²) >= 11 is 0. The third-order valence-electron chi connectivity index (χ3n) is 3.40. The van der Waals surface area contributed by atoms with E-state index in [1.165, 1.54) is 0 Å². The second-order valence-corrected chi connectivity index (χ2v) is 5.88. The van der Waals surface area contributed by atoms with E-state index >= 15 is 0 Å². The van der Waals surface area contributed by atoms with Gasteiger partial charge in [-0.3, -0.25) is 0 Å². The molecule has 3 rings (SSSR count). The van der Waals surface area contributed by atoms with Gasteiger partial charge in [-0.1, -0.05) is 0 Å². The molecule has 6 heteroatoms. The number of fused-ring (bicyclic) bond motifs is 1. The molecule has 0 spiro atoms. The van der Waals surface area contributed by atoms with Gasteiger partial charge in [-0.2, -0.15) is 0 Å². The van der Waals surface area contributed by atoms with Crippen molar-refractivity contribution >= 4 is 0 Å². The highest BCUT2D eigenvalue weighted by Crippen LogP contribution is 2.41. The third-order valence-corrected chi connectivity index (χ3v) is 3.40. The Bertz CT molecular complexity index is 345. The lowest BCUT2D eigenvalue weighted by Gasteiger charge is -2.25. The molecule has 0 aliphatic carbocycles. The zero-order chi connectivity index (χ0) is 13.1. The summed E-state index contributed by atoms with van der Waals surface area (Å²) in [5.74, 6) is -1.48. The Morgan fingerprint density at radius 1 is 0.944 bits per heavy atom. The molecule has 3 fully saturated rings. The summed E-state index contributed by atoms with van der Waals surface area (Å²) in [4.78, 5) is 0. The van der Waals surface area contributed by atoms with E-state index in [-0.39, 0.29) is 0 Å². The summed E-state index contributed by atoms with van der Waals surface area (Å²) in [5, 5.41) is 0. The number of alkyl halides is 1. The zero-order valence-corrected chi connectivity index (χ0v) is 11.0. The summed E-state index contributed by atoms with van der Waals surface area (Å²) in [5.41, 5.74) is 0. The topological polar surface area (TPSA) is 46.2 Å². The summed E-state index contributed by atoms with van der Waals surface area (Å²) in [6, 6.07) is 0. The predicted octanol–water partition coefficient (Wildman–Crippen LogP) is 1.35. The van der Waals surface area contributed by atoms with Crippen molar-refractivity contribution in [2.75, 3.05) is 6.61 Å². The number of hydrogen-bond acceptors (Lipinski definition) is 5. The van der Waals surface area contributed by atoms with E-state index < -0.39 is 42.3 Å². The van der Waals surface area contributed by atoms with Crippen LogP contribution in [-0.4, -0.2) is 49.0 Å². The molecule has 0 aromatic heterocycles. The van der Waals surface area contributed by atoms with Gasteiger partial charge in [0, 0.05) is 0 Å². The molecule has 3 aliphatic heterocycles. The molecule has 0 amide bonds. The number of rotatable bonds is 1. The van der Waals surface area contributed by atoms with Crippen LogP contribution in [0.2, 0.25) is 0 Å². The lowest BCUT2D eigenvalue weighted by atomic mass is 10.1. The van der Waals surface area contributed by atoms with Crippen molar-refractivity contribution < 1.29 is 28.1 Å². The quantitative estimate of drug-likeness (QED) is 0.714. The third kappa shape index (κ3) is 2.06. The number of ether oxygens (including phenoxy) is 5. The molecule has 3 aliphatic rings. The minimum Gasteiger partial charge on any atom is -0.348 e. The lowest BCUT2D eigenvalue weighted by Crippen LogP contribution is -2.40. The summed E-state index contributed by atoms with van der Waals surface area (Å²) in [6.07, 6.45) is -3.72. The Morgan fingerprint density at radius 2 is 1.67 bits per heavy atom. The highest BCUT2D eigenvalue weighted by Gasteiger charge is 2.58. The summed E-state index contributed by atoms with van der Waals surface area (Å²) in [6.45, 7) is 7.41. The Hall–Kier alpha value is -0.270. The normalized spacial score (nSPS) is 49.5. The maximum atomic E-state index is 14.3. The molecule has 0 aromatic carbocycles. The van der Waals surface area contributed by atoms with Gasteiger partial charge < -0.3 is 23.7 Å². The van der Waals surface area contributed by atoms with Crippen LogP contribution in [0.3, 0.4) is 0 Å². The van der Waals surface area contributed by atoms with Crippen LogP contribution in [0.15, 0.2) is 0 Å². The van der Waals surface area contributed by atoms with Gasteiger partial charge in [0.25, 0.3) is 0 Å². The SMILES string of the molecule is CC1(C)OCC([C@H]2O[C@H]3OC(C)(C)OC3[C@H]2F)O1. The van der Waals surface area contributed by atoms with Crippen molar-refractivity contribution in [3.8, 4) is 0 Å². The fourth-order valence-corrected chi connectivity index (χ4v) is 2.67. The van der Waals surface area contributed by atoms with Crippen LogP contribution in [0.4, 0.5) is 4.39 Å². The molecular weight excluding hydrogens is 243 g/mol. The van der Waals surface area contributed by atoms with Crippen LogP contribution in [-0.2, 0) is 23.7 Å². The molecule has 3 heterocycles. The van der Waals surface area contributed by atoms with Gasteiger partial charge in [0.2, 0.25) is 0 Å². The second-order valence-electron chi connectivity index (χ2n) is 5.88. The maximum absolute atomic E-state index is 14.3. The van der Waals surface area contributed by atoms with Crippen LogP contribution >= 0.6 is 0 Å². The number of halogens is 1. The molecule has 0 N–H and O–H groups in total. The van der Waals surface area contributed by atoms with E-state index in [4.69, 9.17) is 23.7 Å². The molecule has 0 bridgehead atoms. The predicted molar refractivity (Wildman–Crippen MR) is 58.5 cm³/mol. The highest BCUT2D eigenvalue weighted by molar-refractivity contribution is 4.97. The largest absolute Gasteiger partial charge is 0.348 e. The van der Waals surface area contributed by atoms with Crippen molar-refractivity contribution in [2.24, 2.45) is 0 Å². The van der Waals surface area contributed by atoms with E-state index in [1.807, 2.05) is 0 Å². The fourth-order valence-electron chi connectivity index (χ4n) is 2.67. The average molecular weight is 262 g/mol. The fraction of sp³-hybridized carbons (Fsp3) is 1.00. The molecule has 0 radical (unpaired) electrons. The summed E-state index contributed by atoms with van der Waals surface area (Å²) in [7, 11) is 0. The zero-order valence-electron chi connectivity index (χ0n) is 11.0. The second kappa shape index (κ2) is 3.86. The van der Waals surface area contributed by atoms with Gasteiger partial charge in [-0.15, -0.1) is 0 Å². The average Bonchev–Trinajstić information content (AvgIpc) is 2.81. The van der Waals surface area contributed by atoms with Crippen molar-refractivity contribution in [2.45, 2.75) is 70.0 Å². The van der Waals surface area contributed by atoms with Crippen molar-refractivity contribution in [3.05, 3.63) is 0 Å². The first-order valence-corrected chi connectivity index (χ1v) is 6.24. The molecule has 18 heavy (non-hydrogen) atoms. The Labute approximate surface area is 105 Å². The molecule has 5 atom stereocenters. The molecule has 2 unspecified atom stereocenters. The van der Waals surface area contributed by atoms with Crippen LogP contribution in [0.5, 0.6) is 0 Å². The standard InChI is InChI=1S/C12H19FO5/c1-11(2)14-5-6(16-11)8-7(13)9-10(15-8)18-12(3,4)17-9/h6-10H,5H2,1-4H3/t6?,7-,8+,9?,10-/m0/s1. The Morgan fingerprint density at radius 3 is 2.22 bits per heavy atom. The minimum absolute atomic E-state index is 0.320. The molecular formula is C12H19FO5. The highest BCUT2D eigenvalue weighted by atomic mass is 19.1. The van der Waals surface area contributed by atoms with E-state index in [0.29, 0.717) is 6.61 Å². The van der Waals surface area contributed by atoms with Crippen LogP contribution in [0.25, 0.3) is 0 Å². The van der Waals surface area contributed by atoms with E-state index in [0.717, 1.165) is 0 Å². The first-order valence-electron chi connectivity index (χ1n) is 6.24. The lowest BCUT2D eigenvalue weighted by molar-refractivity contribution is -0.227. The monoisotopic (exact) mass is 262 g/mol. The van der Waals surface area contributed by atoms with Crippen molar-refractivity contribution in [1.29, 1.82) is 0 Å². The molecule has 3 saturated heterocycles. The van der Waals surface area contributed by atoms with Crippen molar-refractivity contribution in [1.82, 2.24) is 0 Å². The van der Waals surface area contributed by atoms with Crippen LogP contribution in [0.1, 0.15) is 27.7 Å². The van der Waals surface area contributed by atoms with Gasteiger partial charge in [-0.25, -0.2) is 4.39 Å². The van der Waals surface area contributed by atoms with Crippen LogP contribution < -0.4 is 0 Å². The first-order chi connectivity index (χ1) is 8.27. The van der Waals surface area contributed by atoms with Gasteiger partial charge >= 0.3 is 0 Å². The Kier molecular flexibility index (Phi) is 2.74. The van der Waals surface area contributed by atoms with Gasteiger partial charge in [-0.05, 0) is 27.7 Å². The van der Waals surface area contributed by atoms with E-state index in [1.54, 1.807) is 27.7 Å². The molecule has 104 valence electrons. The molecule has 5 nitrogen and oxygen atoms in total. The first kappa shape index (κ1) is 12.7. The van der Waals surface area contributed by atoms with Gasteiger partial charge in [0.15, 0.2) is 24.0 Å².